The first kappa shape index (κ1) is 15.0. The van der Waals surface area contributed by atoms with Crippen LogP contribution in [0.4, 0.5) is 0 Å². The average Bonchev–Trinajstić information content (AvgIpc) is 2.77. The summed E-state index contributed by atoms with van der Waals surface area (Å²) in [6.07, 6.45) is 0. The van der Waals surface area contributed by atoms with E-state index in [1.54, 1.807) is 13.8 Å². The highest BCUT2D eigenvalue weighted by atomic mass is 35.5. The molecule has 1 atom stereocenters. The normalized spacial score (nSPS) is 13.3. The molecule has 1 N–H and O–H groups in total. The first-order valence-corrected chi connectivity index (χ1v) is 7.95. The Hall–Kier alpha value is -1.37. The third-order valence-corrected chi connectivity index (χ3v) is 4.92. The Balaban J connectivity index is 2.11. The third-order valence-electron chi connectivity index (χ3n) is 2.85. The molecule has 0 radical (unpaired) electrons. The standard InChI is InChI=1S/C13H15ClN2O3S/c1-9-13(10(2)19-16-9)20(17,18)15-8-12(14)11-6-4-3-5-7-11/h3-7,12,15H,8H2,1-2H3. The molecule has 0 aliphatic carbocycles. The Kier molecular flexibility index (Phi) is 4.47. The number of nitrogens with zero attached hydrogens (tertiary/aromatic N) is 1. The summed E-state index contributed by atoms with van der Waals surface area (Å²) in [5.41, 5.74) is 1.19. The van der Waals surface area contributed by atoms with Crippen molar-refractivity contribution in [1.82, 2.24) is 9.88 Å². The molecule has 0 aliphatic heterocycles. The Morgan fingerprint density at radius 2 is 1.95 bits per heavy atom. The lowest BCUT2D eigenvalue weighted by Crippen LogP contribution is -2.27. The second kappa shape index (κ2) is 5.95. The average molecular weight is 315 g/mol. The van der Waals surface area contributed by atoms with Crippen molar-refractivity contribution < 1.29 is 12.9 Å². The van der Waals surface area contributed by atoms with Crippen LogP contribution in [-0.4, -0.2) is 20.1 Å². The Labute approximate surface area is 123 Å². The van der Waals surface area contributed by atoms with E-state index < -0.39 is 15.4 Å². The molecule has 7 heteroatoms. The lowest BCUT2D eigenvalue weighted by atomic mass is 10.1. The van der Waals surface area contributed by atoms with Gasteiger partial charge in [-0.25, -0.2) is 13.1 Å². The molecule has 0 amide bonds. The lowest BCUT2D eigenvalue weighted by molar-refractivity contribution is 0.390. The van der Waals surface area contributed by atoms with Crippen molar-refractivity contribution in [1.29, 1.82) is 0 Å². The molecule has 0 fully saturated rings. The largest absolute Gasteiger partial charge is 0.360 e. The number of sulfonamides is 1. The summed E-state index contributed by atoms with van der Waals surface area (Å²) < 4.78 is 31.8. The molecule has 0 saturated heterocycles. The highest BCUT2D eigenvalue weighted by Gasteiger charge is 2.24. The van der Waals surface area contributed by atoms with Gasteiger partial charge in [-0.15, -0.1) is 11.6 Å². The predicted molar refractivity (Wildman–Crippen MR) is 76.2 cm³/mol. The maximum atomic E-state index is 12.2. The van der Waals surface area contributed by atoms with Crippen molar-refractivity contribution >= 4 is 21.6 Å². The fourth-order valence-electron chi connectivity index (χ4n) is 1.89. The second-order valence-electron chi connectivity index (χ2n) is 4.38. The quantitative estimate of drug-likeness (QED) is 0.861. The number of aromatic nitrogens is 1. The summed E-state index contributed by atoms with van der Waals surface area (Å²) in [6.45, 7) is 3.24. The molecule has 2 rings (SSSR count). The third kappa shape index (κ3) is 3.20. The minimum Gasteiger partial charge on any atom is -0.360 e. The van der Waals surface area contributed by atoms with E-state index in [9.17, 15) is 8.42 Å². The summed E-state index contributed by atoms with van der Waals surface area (Å²) >= 11 is 6.19. The van der Waals surface area contributed by atoms with E-state index in [-0.39, 0.29) is 17.2 Å². The van der Waals surface area contributed by atoms with E-state index in [1.165, 1.54) is 0 Å². The van der Waals surface area contributed by atoms with Gasteiger partial charge in [0.05, 0.1) is 5.38 Å². The number of halogens is 1. The van der Waals surface area contributed by atoms with Gasteiger partial charge in [0.15, 0.2) is 5.76 Å². The van der Waals surface area contributed by atoms with E-state index in [1.807, 2.05) is 30.3 Å². The summed E-state index contributed by atoms with van der Waals surface area (Å²) in [5.74, 6) is 0.265. The first-order valence-electron chi connectivity index (χ1n) is 6.03. The molecule has 5 nitrogen and oxygen atoms in total. The maximum Gasteiger partial charge on any atom is 0.246 e. The fourth-order valence-corrected chi connectivity index (χ4v) is 3.58. The van der Waals surface area contributed by atoms with E-state index in [2.05, 4.69) is 9.88 Å². The number of rotatable bonds is 5. The fraction of sp³-hybridized carbons (Fsp3) is 0.308. The summed E-state index contributed by atoms with van der Waals surface area (Å²) in [6, 6.07) is 9.28. The zero-order valence-corrected chi connectivity index (χ0v) is 12.7. The van der Waals surface area contributed by atoms with Gasteiger partial charge in [0, 0.05) is 6.54 Å². The molecule has 1 aromatic heterocycles. The zero-order chi connectivity index (χ0) is 14.8. The van der Waals surface area contributed by atoms with Crippen molar-refractivity contribution in [3.05, 3.63) is 47.3 Å². The molecule has 0 bridgehead atoms. The van der Waals surface area contributed by atoms with Crippen molar-refractivity contribution in [2.24, 2.45) is 0 Å². The molecule has 108 valence electrons. The molecule has 1 unspecified atom stereocenters. The molecular formula is C13H15ClN2O3S. The van der Waals surface area contributed by atoms with Crippen LogP contribution in [0.15, 0.2) is 39.8 Å². The SMILES string of the molecule is Cc1noc(C)c1S(=O)(=O)NCC(Cl)c1ccccc1. The van der Waals surface area contributed by atoms with E-state index in [4.69, 9.17) is 16.1 Å². The summed E-state index contributed by atoms with van der Waals surface area (Å²) in [4.78, 5) is 0.0782. The second-order valence-corrected chi connectivity index (χ2v) is 6.61. The number of nitrogens with one attached hydrogen (secondary N) is 1. The summed E-state index contributed by atoms with van der Waals surface area (Å²) in [7, 11) is -3.67. The van der Waals surface area contributed by atoms with Crippen LogP contribution >= 0.6 is 11.6 Å². The van der Waals surface area contributed by atoms with Crippen molar-refractivity contribution in [3.63, 3.8) is 0 Å². The van der Waals surface area contributed by atoms with Crippen LogP contribution in [0, 0.1) is 13.8 Å². The molecule has 1 aromatic carbocycles. The van der Waals surface area contributed by atoms with Crippen LogP contribution in [0.3, 0.4) is 0 Å². The molecule has 2 aromatic rings. The molecular weight excluding hydrogens is 300 g/mol. The topological polar surface area (TPSA) is 72.2 Å². The van der Waals surface area contributed by atoms with Crippen molar-refractivity contribution in [3.8, 4) is 0 Å². The number of benzene rings is 1. The number of hydrogen-bond acceptors (Lipinski definition) is 4. The van der Waals surface area contributed by atoms with E-state index in [0.29, 0.717) is 5.69 Å². The molecule has 20 heavy (non-hydrogen) atoms. The lowest BCUT2D eigenvalue weighted by Gasteiger charge is -2.11. The van der Waals surface area contributed by atoms with Crippen LogP contribution in [0.25, 0.3) is 0 Å². The highest BCUT2D eigenvalue weighted by molar-refractivity contribution is 7.89. The van der Waals surface area contributed by atoms with Crippen molar-refractivity contribution in [2.45, 2.75) is 24.1 Å². The molecule has 0 spiro atoms. The van der Waals surface area contributed by atoms with E-state index in [0.717, 1.165) is 5.56 Å². The number of aryl methyl sites for hydroxylation is 2. The molecule has 0 aliphatic rings. The van der Waals surface area contributed by atoms with Crippen LogP contribution in [-0.2, 0) is 10.0 Å². The van der Waals surface area contributed by atoms with Crippen LogP contribution in [0.1, 0.15) is 22.4 Å². The number of hydrogen-bond donors (Lipinski definition) is 1. The van der Waals surface area contributed by atoms with Gasteiger partial charge in [-0.05, 0) is 19.4 Å². The maximum absolute atomic E-state index is 12.2. The molecule has 1 heterocycles. The summed E-state index contributed by atoms with van der Waals surface area (Å²) in [5, 5.41) is 3.20. The highest BCUT2D eigenvalue weighted by Crippen LogP contribution is 2.22. The van der Waals surface area contributed by atoms with Gasteiger partial charge >= 0.3 is 0 Å². The minimum atomic E-state index is -3.67. The monoisotopic (exact) mass is 314 g/mol. The van der Waals surface area contributed by atoms with Gasteiger partial charge in [0.25, 0.3) is 0 Å². The van der Waals surface area contributed by atoms with Gasteiger partial charge in [0.1, 0.15) is 10.6 Å². The van der Waals surface area contributed by atoms with Crippen molar-refractivity contribution in [2.75, 3.05) is 6.54 Å². The van der Waals surface area contributed by atoms with Crippen LogP contribution in [0.5, 0.6) is 0 Å². The number of alkyl halides is 1. The van der Waals surface area contributed by atoms with Crippen LogP contribution < -0.4 is 4.72 Å². The van der Waals surface area contributed by atoms with Gasteiger partial charge in [-0.3, -0.25) is 0 Å². The Bertz CT molecular complexity index is 663. The van der Waals surface area contributed by atoms with Gasteiger partial charge < -0.3 is 4.52 Å². The van der Waals surface area contributed by atoms with E-state index >= 15 is 0 Å². The molecule has 0 saturated carbocycles. The van der Waals surface area contributed by atoms with Gasteiger partial charge in [-0.1, -0.05) is 35.5 Å². The van der Waals surface area contributed by atoms with Gasteiger partial charge in [0.2, 0.25) is 10.0 Å². The smallest absolute Gasteiger partial charge is 0.246 e. The van der Waals surface area contributed by atoms with Gasteiger partial charge in [-0.2, -0.15) is 0 Å². The minimum absolute atomic E-state index is 0.0782. The zero-order valence-electron chi connectivity index (χ0n) is 11.1. The Morgan fingerprint density at radius 1 is 1.30 bits per heavy atom. The van der Waals surface area contributed by atoms with Crippen LogP contribution in [0.2, 0.25) is 0 Å². The first-order chi connectivity index (χ1) is 9.42. The Morgan fingerprint density at radius 3 is 2.50 bits per heavy atom. The predicted octanol–water partition coefficient (Wildman–Crippen LogP) is 2.55.